The highest BCUT2D eigenvalue weighted by molar-refractivity contribution is 6.33. The Balaban J connectivity index is 1.92. The maximum absolute atomic E-state index is 5.17. The number of nitrogens with zero attached hydrogens (tertiary/aromatic N) is 2. The van der Waals surface area contributed by atoms with Crippen LogP contribution < -0.4 is 10.2 Å². The molecule has 0 fully saturated rings. The summed E-state index contributed by atoms with van der Waals surface area (Å²) in [6, 6.07) is 14.5. The van der Waals surface area contributed by atoms with Gasteiger partial charge in [0.05, 0.1) is 25.4 Å². The van der Waals surface area contributed by atoms with Gasteiger partial charge in [-0.25, -0.2) is 0 Å². The molecule has 3 rings (SSSR count). The minimum absolute atomic E-state index is 0.774. The van der Waals surface area contributed by atoms with Crippen LogP contribution in [0.5, 0.6) is 5.75 Å². The van der Waals surface area contributed by atoms with E-state index in [-0.39, 0.29) is 0 Å². The Morgan fingerprint density at radius 2 is 1.95 bits per heavy atom. The summed E-state index contributed by atoms with van der Waals surface area (Å²) in [5.41, 5.74) is 3.64. The van der Waals surface area contributed by atoms with Crippen LogP contribution in [0.25, 0.3) is 10.9 Å². The molecule has 0 aliphatic rings. The molecule has 0 bridgehead atoms. The number of aromatic nitrogens is 2. The molecule has 0 saturated heterocycles. The fourth-order valence-corrected chi connectivity index (χ4v) is 2.24. The third-order valence-electron chi connectivity index (χ3n) is 3.29. The van der Waals surface area contributed by atoms with Gasteiger partial charge < -0.3 is 4.74 Å². The van der Waals surface area contributed by atoms with Crippen molar-refractivity contribution in [3.05, 3.63) is 54.2 Å². The van der Waals surface area contributed by atoms with Crippen LogP contribution in [0.4, 0.5) is 0 Å². The van der Waals surface area contributed by atoms with Gasteiger partial charge in [-0.15, -0.1) is 0 Å². The monoisotopic (exact) mass is 250 g/mol. The second kappa shape index (κ2) is 4.80. The summed E-state index contributed by atoms with van der Waals surface area (Å²) in [6.07, 6.45) is 1.92. The van der Waals surface area contributed by atoms with Crippen molar-refractivity contribution in [2.45, 2.75) is 6.54 Å². The lowest BCUT2D eigenvalue weighted by Gasteiger charge is -2.05. The van der Waals surface area contributed by atoms with Gasteiger partial charge in [-0.1, -0.05) is 29.7 Å². The van der Waals surface area contributed by atoms with E-state index in [9.17, 15) is 0 Å². The number of benzene rings is 2. The molecule has 0 spiro atoms. The van der Waals surface area contributed by atoms with E-state index < -0.39 is 0 Å². The molecule has 0 aliphatic carbocycles. The topological polar surface area (TPSA) is 27.1 Å². The Hall–Kier alpha value is -2.23. The zero-order valence-corrected chi connectivity index (χ0v) is 11.1. The minimum atomic E-state index is 0.774. The average Bonchev–Trinajstić information content (AvgIpc) is 2.82. The molecular weight excluding hydrogens is 235 g/mol. The number of hydrogen-bond donors (Lipinski definition) is 0. The fourth-order valence-electron chi connectivity index (χ4n) is 2.24. The first kappa shape index (κ1) is 11.8. The molecule has 1 heterocycles. The molecule has 2 aromatic carbocycles. The highest BCUT2D eigenvalue weighted by Gasteiger charge is 2.03. The van der Waals surface area contributed by atoms with Crippen molar-refractivity contribution in [3.63, 3.8) is 0 Å². The second-order valence-corrected chi connectivity index (χ2v) is 4.71. The molecular formula is C15H15BN2O. The number of methoxy groups -OCH3 is 1. The molecule has 0 amide bonds. The molecule has 0 unspecified atom stereocenters. The predicted octanol–water partition coefficient (Wildman–Crippen LogP) is 1.35. The van der Waals surface area contributed by atoms with Crippen molar-refractivity contribution in [2.24, 2.45) is 0 Å². The van der Waals surface area contributed by atoms with Crippen LogP contribution in [0, 0.1) is 0 Å². The number of fused-ring (bicyclic) bond motifs is 1. The lowest BCUT2D eigenvalue weighted by molar-refractivity contribution is 0.414. The molecule has 0 saturated carbocycles. The van der Waals surface area contributed by atoms with Gasteiger partial charge in [-0.2, -0.15) is 5.10 Å². The van der Waals surface area contributed by atoms with Crippen molar-refractivity contribution >= 4 is 24.2 Å². The van der Waals surface area contributed by atoms with E-state index in [0.717, 1.165) is 12.3 Å². The van der Waals surface area contributed by atoms with Gasteiger partial charge >= 0.3 is 0 Å². The highest BCUT2D eigenvalue weighted by atomic mass is 16.5. The van der Waals surface area contributed by atoms with E-state index >= 15 is 0 Å². The first-order chi connectivity index (χ1) is 9.26. The van der Waals surface area contributed by atoms with Crippen LogP contribution in [0.1, 0.15) is 5.56 Å². The SMILES string of the molecule is Bc1ccc2c(cnn2Cc2ccc(OC)cc2)c1. The average molecular weight is 250 g/mol. The molecule has 1 aromatic heterocycles. The molecule has 3 nitrogen and oxygen atoms in total. The summed E-state index contributed by atoms with van der Waals surface area (Å²) in [4.78, 5) is 0. The van der Waals surface area contributed by atoms with E-state index in [1.807, 2.05) is 23.0 Å². The summed E-state index contributed by atoms with van der Waals surface area (Å²) in [5, 5.41) is 5.65. The molecule has 19 heavy (non-hydrogen) atoms. The predicted molar refractivity (Wildman–Crippen MR) is 80.0 cm³/mol. The molecule has 0 atom stereocenters. The van der Waals surface area contributed by atoms with Gasteiger partial charge in [0.2, 0.25) is 0 Å². The molecule has 4 heteroatoms. The molecule has 94 valence electrons. The zero-order chi connectivity index (χ0) is 13.2. The quantitative estimate of drug-likeness (QED) is 0.656. The van der Waals surface area contributed by atoms with Gasteiger partial charge in [0, 0.05) is 5.39 Å². The minimum Gasteiger partial charge on any atom is -0.497 e. The standard InChI is InChI=1S/C15H15BN2O/c1-19-14-5-2-11(3-6-14)10-18-15-7-4-13(16)8-12(15)9-17-18/h2-9H,10,16H2,1H3. The number of hydrogen-bond acceptors (Lipinski definition) is 2. The smallest absolute Gasteiger partial charge is 0.139 e. The zero-order valence-electron chi connectivity index (χ0n) is 11.1. The van der Waals surface area contributed by atoms with E-state index in [2.05, 4.69) is 43.3 Å². The Bertz CT molecular complexity index is 704. The van der Waals surface area contributed by atoms with E-state index in [0.29, 0.717) is 0 Å². The highest BCUT2D eigenvalue weighted by Crippen LogP contribution is 2.16. The van der Waals surface area contributed by atoms with Crippen molar-refractivity contribution in [1.82, 2.24) is 9.78 Å². The Morgan fingerprint density at radius 3 is 2.68 bits per heavy atom. The van der Waals surface area contributed by atoms with Gasteiger partial charge in [-0.3, -0.25) is 4.68 Å². The molecule has 3 aromatic rings. The third kappa shape index (κ3) is 2.34. The van der Waals surface area contributed by atoms with Crippen LogP contribution in [0.15, 0.2) is 48.7 Å². The molecule has 0 radical (unpaired) electrons. The van der Waals surface area contributed by atoms with Gasteiger partial charge in [-0.05, 0) is 23.8 Å². The lowest BCUT2D eigenvalue weighted by Crippen LogP contribution is -2.03. The summed E-state index contributed by atoms with van der Waals surface area (Å²) >= 11 is 0. The molecule has 0 N–H and O–H groups in total. The van der Waals surface area contributed by atoms with Crippen molar-refractivity contribution in [3.8, 4) is 5.75 Å². The first-order valence-corrected chi connectivity index (χ1v) is 6.31. The first-order valence-electron chi connectivity index (χ1n) is 6.31. The largest absolute Gasteiger partial charge is 0.497 e. The second-order valence-electron chi connectivity index (χ2n) is 4.71. The van der Waals surface area contributed by atoms with Crippen molar-refractivity contribution in [2.75, 3.05) is 7.11 Å². The lowest BCUT2D eigenvalue weighted by atomic mass is 9.95. The van der Waals surface area contributed by atoms with Crippen molar-refractivity contribution in [1.29, 1.82) is 0 Å². The van der Waals surface area contributed by atoms with E-state index in [4.69, 9.17) is 4.74 Å². The summed E-state index contributed by atoms with van der Waals surface area (Å²) in [5.74, 6) is 0.879. The summed E-state index contributed by atoms with van der Waals surface area (Å²) in [6.45, 7) is 0.774. The normalized spacial score (nSPS) is 10.8. The Labute approximate surface area is 113 Å². The Morgan fingerprint density at radius 1 is 1.16 bits per heavy atom. The van der Waals surface area contributed by atoms with Gasteiger partial charge in [0.1, 0.15) is 13.6 Å². The summed E-state index contributed by atoms with van der Waals surface area (Å²) < 4.78 is 7.19. The molecule has 0 aliphatic heterocycles. The maximum Gasteiger partial charge on any atom is 0.139 e. The van der Waals surface area contributed by atoms with E-state index in [1.165, 1.54) is 21.9 Å². The van der Waals surface area contributed by atoms with Crippen LogP contribution in [0.2, 0.25) is 0 Å². The maximum atomic E-state index is 5.17. The van der Waals surface area contributed by atoms with Crippen LogP contribution in [0.3, 0.4) is 0 Å². The van der Waals surface area contributed by atoms with Gasteiger partial charge in [0.25, 0.3) is 0 Å². The van der Waals surface area contributed by atoms with Crippen LogP contribution >= 0.6 is 0 Å². The number of rotatable bonds is 3. The fraction of sp³-hybridized carbons (Fsp3) is 0.133. The Kier molecular flexibility index (Phi) is 2.99. The van der Waals surface area contributed by atoms with Crippen LogP contribution in [-0.4, -0.2) is 24.7 Å². The van der Waals surface area contributed by atoms with Crippen LogP contribution in [-0.2, 0) is 6.54 Å². The van der Waals surface area contributed by atoms with Gasteiger partial charge in [0.15, 0.2) is 0 Å². The van der Waals surface area contributed by atoms with E-state index in [1.54, 1.807) is 7.11 Å². The third-order valence-corrected chi connectivity index (χ3v) is 3.29. The summed E-state index contributed by atoms with van der Waals surface area (Å²) in [7, 11) is 3.78. The van der Waals surface area contributed by atoms with Crippen molar-refractivity contribution < 1.29 is 4.74 Å². The number of ether oxygens (including phenoxy) is 1.